The van der Waals surface area contributed by atoms with Crippen molar-refractivity contribution in [3.8, 4) is 17.3 Å². The molecule has 0 amide bonds. The molecule has 0 bridgehead atoms. The van der Waals surface area contributed by atoms with Crippen LogP contribution in [-0.4, -0.2) is 45.3 Å². The normalized spacial score (nSPS) is 17.5. The molecule has 0 spiro atoms. The molecule has 1 atom stereocenters. The van der Waals surface area contributed by atoms with Crippen LogP contribution in [0.2, 0.25) is 0 Å². The van der Waals surface area contributed by atoms with Crippen molar-refractivity contribution < 1.29 is 9.15 Å². The average Bonchev–Trinajstić information content (AvgIpc) is 3.32. The summed E-state index contributed by atoms with van der Waals surface area (Å²) >= 11 is 0. The van der Waals surface area contributed by atoms with Crippen LogP contribution < -0.4 is 4.74 Å². The van der Waals surface area contributed by atoms with Crippen LogP contribution in [0.4, 0.5) is 0 Å². The summed E-state index contributed by atoms with van der Waals surface area (Å²) < 4.78 is 11.3. The van der Waals surface area contributed by atoms with E-state index in [-0.39, 0.29) is 5.92 Å². The van der Waals surface area contributed by atoms with Gasteiger partial charge < -0.3 is 9.15 Å². The predicted octanol–water partition coefficient (Wildman–Crippen LogP) is 2.83. The van der Waals surface area contributed by atoms with Gasteiger partial charge in [0, 0.05) is 31.0 Å². The van der Waals surface area contributed by atoms with Crippen molar-refractivity contribution >= 4 is 0 Å². The lowest BCUT2D eigenvalue weighted by Gasteiger charge is -2.17. The fraction of sp³-hybridized carbons (Fsp3) is 0.368. The first-order valence-electron chi connectivity index (χ1n) is 8.68. The highest BCUT2D eigenvalue weighted by atomic mass is 16.5. The first kappa shape index (κ1) is 16.7. The van der Waals surface area contributed by atoms with Gasteiger partial charge in [-0.05, 0) is 26.0 Å². The highest BCUT2D eigenvalue weighted by Crippen LogP contribution is 2.30. The van der Waals surface area contributed by atoms with Crippen molar-refractivity contribution in [1.82, 2.24) is 25.1 Å². The summed E-state index contributed by atoms with van der Waals surface area (Å²) in [6.45, 7) is 4.83. The molecule has 3 aromatic rings. The maximum Gasteiger partial charge on any atom is 0.267 e. The lowest BCUT2D eigenvalue weighted by atomic mass is 10.1. The molecule has 0 unspecified atom stereocenters. The van der Waals surface area contributed by atoms with Crippen LogP contribution in [-0.2, 0) is 6.54 Å². The minimum absolute atomic E-state index is 0.240. The first-order chi connectivity index (χ1) is 12.7. The molecule has 7 heteroatoms. The molecule has 0 saturated carbocycles. The van der Waals surface area contributed by atoms with E-state index in [0.29, 0.717) is 17.5 Å². The second-order valence-corrected chi connectivity index (χ2v) is 6.57. The lowest BCUT2D eigenvalue weighted by Crippen LogP contribution is -2.20. The van der Waals surface area contributed by atoms with Crippen molar-refractivity contribution in [2.75, 3.05) is 20.2 Å². The monoisotopic (exact) mass is 351 g/mol. The van der Waals surface area contributed by atoms with Crippen LogP contribution in [0.5, 0.6) is 5.75 Å². The maximum absolute atomic E-state index is 5.84. The molecule has 26 heavy (non-hydrogen) atoms. The van der Waals surface area contributed by atoms with Crippen LogP contribution >= 0.6 is 0 Å². The van der Waals surface area contributed by atoms with Crippen LogP contribution in [0.15, 0.2) is 41.2 Å². The molecule has 1 fully saturated rings. The Hall–Kier alpha value is -2.80. The zero-order valence-corrected chi connectivity index (χ0v) is 14.9. The van der Waals surface area contributed by atoms with E-state index in [0.717, 1.165) is 31.8 Å². The van der Waals surface area contributed by atoms with Gasteiger partial charge in [-0.15, -0.1) is 10.2 Å². The van der Waals surface area contributed by atoms with Crippen LogP contribution in [0.3, 0.4) is 0 Å². The summed E-state index contributed by atoms with van der Waals surface area (Å²) in [6, 6.07) is 6.29. The number of aryl methyl sites for hydroxylation is 1. The highest BCUT2D eigenvalue weighted by Gasteiger charge is 2.29. The summed E-state index contributed by atoms with van der Waals surface area (Å²) in [6.07, 6.45) is 5.86. The Morgan fingerprint density at radius 1 is 1.27 bits per heavy atom. The molecule has 0 aliphatic carbocycles. The van der Waals surface area contributed by atoms with E-state index in [1.54, 1.807) is 25.7 Å². The van der Waals surface area contributed by atoms with Gasteiger partial charge in [0.2, 0.25) is 5.89 Å². The average molecular weight is 351 g/mol. The van der Waals surface area contributed by atoms with Crippen LogP contribution in [0.1, 0.15) is 29.4 Å². The third kappa shape index (κ3) is 3.43. The SMILES string of the molecule is COc1ccc(C)cc1CN1CC[C@H](c2nnc(-c3cnccn3)o2)C1. The Bertz CT molecular complexity index is 881. The number of hydrogen-bond acceptors (Lipinski definition) is 7. The minimum Gasteiger partial charge on any atom is -0.496 e. The smallest absolute Gasteiger partial charge is 0.267 e. The Kier molecular flexibility index (Phi) is 4.62. The van der Waals surface area contributed by atoms with Gasteiger partial charge in [-0.1, -0.05) is 17.7 Å². The number of methoxy groups -OCH3 is 1. The molecule has 4 rings (SSSR count). The Labute approximate surface area is 152 Å². The number of likely N-dealkylation sites (tertiary alicyclic amines) is 1. The van der Waals surface area contributed by atoms with Crippen molar-refractivity contribution in [3.05, 3.63) is 53.8 Å². The van der Waals surface area contributed by atoms with Gasteiger partial charge in [-0.25, -0.2) is 4.98 Å². The number of aromatic nitrogens is 4. The summed E-state index contributed by atoms with van der Waals surface area (Å²) in [5, 5.41) is 8.35. The standard InChI is InChI=1S/C19H21N5O2/c1-13-3-4-17(25-2)15(9-13)12-24-8-5-14(11-24)18-22-23-19(26-18)16-10-20-6-7-21-16/h3-4,6-7,9-10,14H,5,8,11-12H2,1-2H3/t14-/m0/s1. The summed E-state index contributed by atoms with van der Waals surface area (Å²) in [5.74, 6) is 2.27. The fourth-order valence-corrected chi connectivity index (χ4v) is 3.36. The van der Waals surface area contributed by atoms with Crippen molar-refractivity contribution in [2.24, 2.45) is 0 Å². The topological polar surface area (TPSA) is 77.2 Å². The zero-order chi connectivity index (χ0) is 17.9. The molecule has 134 valence electrons. The van der Waals surface area contributed by atoms with E-state index in [2.05, 4.69) is 44.1 Å². The van der Waals surface area contributed by atoms with E-state index >= 15 is 0 Å². The molecule has 1 saturated heterocycles. The van der Waals surface area contributed by atoms with Crippen molar-refractivity contribution in [3.63, 3.8) is 0 Å². The second-order valence-electron chi connectivity index (χ2n) is 6.57. The molecule has 1 aliphatic heterocycles. The van der Waals surface area contributed by atoms with E-state index < -0.39 is 0 Å². The molecular weight excluding hydrogens is 330 g/mol. The third-order valence-corrected chi connectivity index (χ3v) is 4.67. The van der Waals surface area contributed by atoms with Gasteiger partial charge in [-0.3, -0.25) is 9.88 Å². The highest BCUT2D eigenvalue weighted by molar-refractivity contribution is 5.43. The van der Waals surface area contributed by atoms with Gasteiger partial charge in [0.25, 0.3) is 5.89 Å². The molecule has 0 N–H and O–H groups in total. The molecule has 1 aromatic carbocycles. The number of hydrogen-bond donors (Lipinski definition) is 0. The Morgan fingerprint density at radius 2 is 2.19 bits per heavy atom. The summed E-state index contributed by atoms with van der Waals surface area (Å²) in [7, 11) is 1.72. The largest absolute Gasteiger partial charge is 0.496 e. The Balaban J connectivity index is 1.45. The van der Waals surface area contributed by atoms with Gasteiger partial charge in [0.1, 0.15) is 11.4 Å². The molecule has 0 radical (unpaired) electrons. The van der Waals surface area contributed by atoms with Crippen LogP contribution in [0.25, 0.3) is 11.6 Å². The van der Waals surface area contributed by atoms with E-state index in [4.69, 9.17) is 9.15 Å². The molecule has 1 aliphatic rings. The molecule has 2 aromatic heterocycles. The summed E-state index contributed by atoms with van der Waals surface area (Å²) in [4.78, 5) is 10.6. The van der Waals surface area contributed by atoms with E-state index in [1.807, 2.05) is 6.07 Å². The van der Waals surface area contributed by atoms with Crippen molar-refractivity contribution in [1.29, 1.82) is 0 Å². The Morgan fingerprint density at radius 3 is 3.00 bits per heavy atom. The maximum atomic E-state index is 5.84. The molecule has 7 nitrogen and oxygen atoms in total. The third-order valence-electron chi connectivity index (χ3n) is 4.67. The number of benzene rings is 1. The van der Waals surface area contributed by atoms with Gasteiger partial charge >= 0.3 is 0 Å². The first-order valence-corrected chi connectivity index (χ1v) is 8.68. The van der Waals surface area contributed by atoms with Gasteiger partial charge in [0.15, 0.2) is 0 Å². The van der Waals surface area contributed by atoms with E-state index in [9.17, 15) is 0 Å². The number of rotatable bonds is 5. The predicted molar refractivity (Wildman–Crippen MR) is 95.7 cm³/mol. The van der Waals surface area contributed by atoms with E-state index in [1.165, 1.54) is 11.1 Å². The number of ether oxygens (including phenoxy) is 1. The number of nitrogens with zero attached hydrogens (tertiary/aromatic N) is 5. The molecular formula is C19H21N5O2. The van der Waals surface area contributed by atoms with Gasteiger partial charge in [-0.2, -0.15) is 0 Å². The quantitative estimate of drug-likeness (QED) is 0.699. The lowest BCUT2D eigenvalue weighted by molar-refractivity contribution is 0.311. The van der Waals surface area contributed by atoms with Crippen molar-refractivity contribution in [2.45, 2.75) is 25.8 Å². The second kappa shape index (κ2) is 7.21. The van der Waals surface area contributed by atoms with Gasteiger partial charge in [0.05, 0.1) is 19.2 Å². The van der Waals surface area contributed by atoms with Crippen LogP contribution in [0, 0.1) is 6.92 Å². The minimum atomic E-state index is 0.240. The zero-order valence-electron chi connectivity index (χ0n) is 14.9. The summed E-state index contributed by atoms with van der Waals surface area (Å²) in [5.41, 5.74) is 3.05. The molecule has 3 heterocycles. The fourth-order valence-electron chi connectivity index (χ4n) is 3.36.